The normalized spacial score (nSPS) is 30.9. The van der Waals surface area contributed by atoms with Gasteiger partial charge >= 0.3 is 0 Å². The van der Waals surface area contributed by atoms with Gasteiger partial charge in [0, 0.05) is 19.6 Å². The Kier molecular flexibility index (Phi) is 5.14. The van der Waals surface area contributed by atoms with Crippen LogP contribution >= 0.6 is 0 Å². The molecule has 0 heterocycles. The smallest absolute Gasteiger partial charge is 0.162 e. The Morgan fingerprint density at radius 2 is 2.06 bits per heavy atom. The summed E-state index contributed by atoms with van der Waals surface area (Å²) in [4.78, 5) is 0. The Hall–Kier alpha value is -0.200. The van der Waals surface area contributed by atoms with Crippen molar-refractivity contribution in [1.82, 2.24) is 0 Å². The van der Waals surface area contributed by atoms with E-state index in [0.717, 1.165) is 12.8 Å². The van der Waals surface area contributed by atoms with Crippen LogP contribution < -0.4 is 5.73 Å². The van der Waals surface area contributed by atoms with Crippen LogP contribution in [0.4, 0.5) is 0 Å². The Bertz CT molecular complexity index is 210. The summed E-state index contributed by atoms with van der Waals surface area (Å²) >= 11 is 0. The highest BCUT2D eigenvalue weighted by molar-refractivity contribution is 4.89. The Balaban J connectivity index is 2.39. The van der Waals surface area contributed by atoms with E-state index in [-0.39, 0.29) is 24.9 Å². The molecule has 0 aromatic carbocycles. The van der Waals surface area contributed by atoms with Crippen molar-refractivity contribution in [3.8, 4) is 0 Å². The lowest BCUT2D eigenvalue weighted by atomic mass is 10.2. The quantitative estimate of drug-likeness (QED) is 0.643. The first-order chi connectivity index (χ1) is 7.48. The third kappa shape index (κ3) is 3.99. The third-order valence-corrected chi connectivity index (χ3v) is 2.88. The second kappa shape index (κ2) is 5.93. The third-order valence-electron chi connectivity index (χ3n) is 2.88. The maximum atomic E-state index is 8.68. The molecule has 1 saturated carbocycles. The number of methoxy groups -OCH3 is 1. The SMILES string of the molecule is COC(C)(C)OC1CC(OCCO)CC1N. The van der Waals surface area contributed by atoms with Gasteiger partial charge in [0.2, 0.25) is 0 Å². The lowest BCUT2D eigenvalue weighted by molar-refractivity contribution is -0.225. The number of hydrogen-bond donors (Lipinski definition) is 2. The molecule has 16 heavy (non-hydrogen) atoms. The number of ether oxygens (including phenoxy) is 3. The van der Waals surface area contributed by atoms with Crippen molar-refractivity contribution in [3.05, 3.63) is 0 Å². The van der Waals surface area contributed by atoms with E-state index in [0.29, 0.717) is 6.61 Å². The zero-order valence-corrected chi connectivity index (χ0v) is 10.3. The summed E-state index contributed by atoms with van der Waals surface area (Å²) in [6.07, 6.45) is 1.57. The summed E-state index contributed by atoms with van der Waals surface area (Å²) in [6.45, 7) is 4.13. The van der Waals surface area contributed by atoms with E-state index in [1.165, 1.54) is 0 Å². The van der Waals surface area contributed by atoms with Gasteiger partial charge in [-0.3, -0.25) is 0 Å². The summed E-state index contributed by atoms with van der Waals surface area (Å²) < 4.78 is 16.4. The van der Waals surface area contributed by atoms with Gasteiger partial charge in [0.1, 0.15) is 0 Å². The summed E-state index contributed by atoms with van der Waals surface area (Å²) in [6, 6.07) is -0.0295. The fourth-order valence-corrected chi connectivity index (χ4v) is 1.89. The van der Waals surface area contributed by atoms with Gasteiger partial charge in [0.15, 0.2) is 5.79 Å². The summed E-state index contributed by atoms with van der Waals surface area (Å²) in [5.74, 6) is -0.617. The maximum absolute atomic E-state index is 8.68. The van der Waals surface area contributed by atoms with Crippen LogP contribution in [0, 0.1) is 0 Å². The van der Waals surface area contributed by atoms with Crippen LogP contribution in [0.1, 0.15) is 26.7 Å². The average molecular weight is 233 g/mol. The van der Waals surface area contributed by atoms with Gasteiger partial charge in [0.05, 0.1) is 25.4 Å². The molecule has 1 fully saturated rings. The van der Waals surface area contributed by atoms with Crippen molar-refractivity contribution in [3.63, 3.8) is 0 Å². The minimum absolute atomic E-state index is 0.0295. The van der Waals surface area contributed by atoms with Crippen LogP contribution in [0.3, 0.4) is 0 Å². The van der Waals surface area contributed by atoms with Crippen molar-refractivity contribution < 1.29 is 19.3 Å². The molecule has 0 spiro atoms. The lowest BCUT2D eigenvalue weighted by Crippen LogP contribution is -2.39. The minimum atomic E-state index is -0.617. The van der Waals surface area contributed by atoms with E-state index in [1.54, 1.807) is 7.11 Å². The standard InChI is InChI=1S/C11H23NO4/c1-11(2,14-3)16-10-7-8(6-9(10)12)15-5-4-13/h8-10,13H,4-7,12H2,1-3H3. The van der Waals surface area contributed by atoms with Crippen LogP contribution in [0.25, 0.3) is 0 Å². The van der Waals surface area contributed by atoms with E-state index in [9.17, 15) is 0 Å². The highest BCUT2D eigenvalue weighted by Crippen LogP contribution is 2.27. The van der Waals surface area contributed by atoms with E-state index in [2.05, 4.69) is 0 Å². The monoisotopic (exact) mass is 233 g/mol. The van der Waals surface area contributed by atoms with Gasteiger partial charge in [-0.25, -0.2) is 0 Å². The highest BCUT2D eigenvalue weighted by atomic mass is 16.7. The molecule has 96 valence electrons. The molecule has 1 aliphatic carbocycles. The molecule has 0 aromatic heterocycles. The first kappa shape index (κ1) is 13.9. The molecule has 5 heteroatoms. The lowest BCUT2D eigenvalue weighted by Gasteiger charge is -2.29. The van der Waals surface area contributed by atoms with Crippen LogP contribution in [-0.4, -0.2) is 49.5 Å². The predicted octanol–water partition coefficient (Wildman–Crippen LogP) is 0.253. The number of hydrogen-bond acceptors (Lipinski definition) is 5. The second-order valence-electron chi connectivity index (χ2n) is 4.61. The molecule has 1 rings (SSSR count). The molecular formula is C11H23NO4. The molecule has 0 aliphatic heterocycles. The first-order valence-electron chi connectivity index (χ1n) is 5.69. The topological polar surface area (TPSA) is 73.9 Å². The number of aliphatic hydroxyl groups is 1. The van der Waals surface area contributed by atoms with Crippen molar-refractivity contribution in [1.29, 1.82) is 0 Å². The molecule has 0 aromatic rings. The van der Waals surface area contributed by atoms with Crippen LogP contribution in [0.5, 0.6) is 0 Å². The fraction of sp³-hybridized carbons (Fsp3) is 1.00. The van der Waals surface area contributed by atoms with Crippen LogP contribution in [-0.2, 0) is 14.2 Å². The van der Waals surface area contributed by atoms with E-state index in [4.69, 9.17) is 25.1 Å². The fourth-order valence-electron chi connectivity index (χ4n) is 1.89. The number of nitrogens with two attached hydrogens (primary N) is 1. The maximum Gasteiger partial charge on any atom is 0.162 e. The van der Waals surface area contributed by atoms with Crippen molar-refractivity contribution in [2.75, 3.05) is 20.3 Å². The first-order valence-corrected chi connectivity index (χ1v) is 5.69. The zero-order valence-electron chi connectivity index (χ0n) is 10.3. The molecule has 5 nitrogen and oxygen atoms in total. The number of rotatable bonds is 6. The molecule has 0 amide bonds. The van der Waals surface area contributed by atoms with Gasteiger partial charge in [0.25, 0.3) is 0 Å². The Morgan fingerprint density at radius 1 is 1.38 bits per heavy atom. The largest absolute Gasteiger partial charge is 0.394 e. The van der Waals surface area contributed by atoms with Crippen molar-refractivity contribution >= 4 is 0 Å². The van der Waals surface area contributed by atoms with Crippen molar-refractivity contribution in [2.24, 2.45) is 5.73 Å². The number of aliphatic hydroxyl groups excluding tert-OH is 1. The molecule has 3 N–H and O–H groups in total. The van der Waals surface area contributed by atoms with E-state index < -0.39 is 5.79 Å². The van der Waals surface area contributed by atoms with Gasteiger partial charge in [-0.15, -0.1) is 0 Å². The zero-order chi connectivity index (χ0) is 12.2. The van der Waals surface area contributed by atoms with Crippen molar-refractivity contribution in [2.45, 2.75) is 50.7 Å². The Morgan fingerprint density at radius 3 is 2.62 bits per heavy atom. The van der Waals surface area contributed by atoms with Crippen LogP contribution in [0.2, 0.25) is 0 Å². The average Bonchev–Trinajstić information content (AvgIpc) is 2.56. The molecule has 1 aliphatic rings. The van der Waals surface area contributed by atoms with Crippen LogP contribution in [0.15, 0.2) is 0 Å². The second-order valence-corrected chi connectivity index (χ2v) is 4.61. The molecule has 0 radical (unpaired) electrons. The van der Waals surface area contributed by atoms with Gasteiger partial charge in [-0.2, -0.15) is 0 Å². The molecule has 3 atom stereocenters. The van der Waals surface area contributed by atoms with E-state index >= 15 is 0 Å². The molecule has 0 bridgehead atoms. The van der Waals surface area contributed by atoms with Gasteiger partial charge in [-0.05, 0) is 20.3 Å². The summed E-state index contributed by atoms with van der Waals surface area (Å²) in [5.41, 5.74) is 5.98. The molecular weight excluding hydrogens is 210 g/mol. The molecule has 3 unspecified atom stereocenters. The van der Waals surface area contributed by atoms with E-state index in [1.807, 2.05) is 13.8 Å². The summed E-state index contributed by atoms with van der Waals surface area (Å²) in [7, 11) is 1.61. The highest BCUT2D eigenvalue weighted by Gasteiger charge is 2.36. The van der Waals surface area contributed by atoms with Gasteiger partial charge < -0.3 is 25.1 Å². The van der Waals surface area contributed by atoms with Gasteiger partial charge in [-0.1, -0.05) is 0 Å². The minimum Gasteiger partial charge on any atom is -0.394 e. The molecule has 0 saturated heterocycles. The predicted molar refractivity (Wildman–Crippen MR) is 60.0 cm³/mol. The Labute approximate surface area is 96.9 Å². The summed E-state index contributed by atoms with van der Waals surface area (Å²) in [5, 5.41) is 8.68.